The summed E-state index contributed by atoms with van der Waals surface area (Å²) in [7, 11) is 3.27. The molecule has 0 unspecified atom stereocenters. The van der Waals surface area contributed by atoms with Crippen LogP contribution in [0.15, 0.2) is 60.7 Å². The molecule has 2 heterocycles. The average Bonchev–Trinajstić information content (AvgIpc) is 3.16. The molecule has 0 aliphatic heterocycles. The summed E-state index contributed by atoms with van der Waals surface area (Å²) >= 11 is 0. The minimum absolute atomic E-state index is 0.231. The molecule has 0 saturated carbocycles. The van der Waals surface area contributed by atoms with Gasteiger partial charge >= 0.3 is 12.0 Å². The number of nitrogens with zero attached hydrogens (tertiary/aromatic N) is 3. The van der Waals surface area contributed by atoms with Crippen LogP contribution in [0, 0.1) is 6.92 Å². The van der Waals surface area contributed by atoms with Crippen LogP contribution in [0.1, 0.15) is 16.1 Å². The summed E-state index contributed by atoms with van der Waals surface area (Å²) in [6.07, 6.45) is 0. The molecule has 0 spiro atoms. The number of esters is 1. The van der Waals surface area contributed by atoms with Gasteiger partial charge in [-0.15, -0.1) is 0 Å². The van der Waals surface area contributed by atoms with E-state index < -0.39 is 24.5 Å². The number of rotatable bonds is 6. The van der Waals surface area contributed by atoms with Crippen LogP contribution >= 0.6 is 0 Å². The van der Waals surface area contributed by atoms with Gasteiger partial charge in [0, 0.05) is 18.3 Å². The van der Waals surface area contributed by atoms with Gasteiger partial charge in [0.2, 0.25) is 0 Å². The molecule has 10 nitrogen and oxygen atoms in total. The number of aryl methyl sites for hydroxylation is 2. The van der Waals surface area contributed by atoms with E-state index in [1.54, 1.807) is 49.0 Å². The SMILES string of the molecule is COc1ccc(NC(=O)NC(=O)COC(=O)c2cc(-c3ccccc3)nc3c2c(C)nn3C)cc1. The van der Waals surface area contributed by atoms with Crippen molar-refractivity contribution in [3.05, 3.63) is 71.9 Å². The van der Waals surface area contributed by atoms with E-state index in [4.69, 9.17) is 9.47 Å². The number of hydrogen-bond donors (Lipinski definition) is 2. The van der Waals surface area contributed by atoms with E-state index in [9.17, 15) is 14.4 Å². The van der Waals surface area contributed by atoms with Gasteiger partial charge in [-0.05, 0) is 37.3 Å². The molecule has 0 saturated heterocycles. The highest BCUT2D eigenvalue weighted by atomic mass is 16.5. The number of carbonyl (C=O) groups is 3. The van der Waals surface area contributed by atoms with Crippen molar-refractivity contribution in [3.8, 4) is 17.0 Å². The summed E-state index contributed by atoms with van der Waals surface area (Å²) in [5, 5.41) is 9.54. The smallest absolute Gasteiger partial charge is 0.339 e. The standard InChI is InChI=1S/C25H23N5O5/c1-15-22-19(13-20(16-7-5-4-6-8-16)27-23(22)30(2)29-15)24(32)35-14-21(31)28-25(33)26-17-9-11-18(34-3)12-10-17/h4-13H,14H2,1-3H3,(H2,26,28,31,33). The number of urea groups is 1. The van der Waals surface area contributed by atoms with Crippen LogP contribution in [0.3, 0.4) is 0 Å². The fraction of sp³-hybridized carbons (Fsp3) is 0.160. The third kappa shape index (κ3) is 5.27. The van der Waals surface area contributed by atoms with E-state index in [-0.39, 0.29) is 5.56 Å². The Morgan fingerprint density at radius 3 is 2.43 bits per heavy atom. The zero-order valence-corrected chi connectivity index (χ0v) is 19.4. The summed E-state index contributed by atoms with van der Waals surface area (Å²) in [5.74, 6) is -0.874. The summed E-state index contributed by atoms with van der Waals surface area (Å²) in [6, 6.07) is 16.8. The largest absolute Gasteiger partial charge is 0.497 e. The zero-order chi connectivity index (χ0) is 24.9. The van der Waals surface area contributed by atoms with E-state index in [2.05, 4.69) is 20.7 Å². The predicted molar refractivity (Wildman–Crippen MR) is 129 cm³/mol. The van der Waals surface area contributed by atoms with Crippen molar-refractivity contribution < 1.29 is 23.9 Å². The Kier molecular flexibility index (Phi) is 6.72. The maximum absolute atomic E-state index is 13.0. The van der Waals surface area contributed by atoms with E-state index in [1.165, 1.54) is 7.11 Å². The van der Waals surface area contributed by atoms with Crippen molar-refractivity contribution in [2.45, 2.75) is 6.92 Å². The minimum Gasteiger partial charge on any atom is -0.497 e. The first-order valence-corrected chi connectivity index (χ1v) is 10.7. The van der Waals surface area contributed by atoms with Crippen molar-refractivity contribution in [3.63, 3.8) is 0 Å². The quantitative estimate of drug-likeness (QED) is 0.411. The number of fused-ring (bicyclic) bond motifs is 1. The van der Waals surface area contributed by atoms with E-state index in [0.717, 1.165) is 5.56 Å². The lowest BCUT2D eigenvalue weighted by Crippen LogP contribution is -2.37. The van der Waals surface area contributed by atoms with Crippen LogP contribution < -0.4 is 15.4 Å². The first kappa shape index (κ1) is 23.4. The Morgan fingerprint density at radius 2 is 1.74 bits per heavy atom. The van der Waals surface area contributed by atoms with Crippen molar-refractivity contribution in [2.24, 2.45) is 7.05 Å². The van der Waals surface area contributed by atoms with Gasteiger partial charge < -0.3 is 14.8 Å². The molecular weight excluding hydrogens is 450 g/mol. The van der Waals surface area contributed by atoms with Crippen LogP contribution in [0.25, 0.3) is 22.3 Å². The Labute approximate surface area is 200 Å². The number of aromatic nitrogens is 3. The van der Waals surface area contributed by atoms with Crippen molar-refractivity contribution >= 4 is 34.6 Å². The Morgan fingerprint density at radius 1 is 1.03 bits per heavy atom. The van der Waals surface area contributed by atoms with Gasteiger partial charge in [-0.3, -0.25) is 14.8 Å². The van der Waals surface area contributed by atoms with Crippen molar-refractivity contribution in [1.82, 2.24) is 20.1 Å². The number of imide groups is 1. The molecule has 0 fully saturated rings. The summed E-state index contributed by atoms with van der Waals surface area (Å²) in [6.45, 7) is 1.12. The van der Waals surface area contributed by atoms with Crippen LogP contribution in [-0.2, 0) is 16.6 Å². The summed E-state index contributed by atoms with van der Waals surface area (Å²) in [4.78, 5) is 41.9. The van der Waals surface area contributed by atoms with Gasteiger partial charge in [0.15, 0.2) is 12.3 Å². The molecule has 2 aromatic carbocycles. The Balaban J connectivity index is 1.46. The number of anilines is 1. The first-order valence-electron chi connectivity index (χ1n) is 10.7. The second kappa shape index (κ2) is 10.0. The highest BCUT2D eigenvalue weighted by Gasteiger charge is 2.21. The zero-order valence-electron chi connectivity index (χ0n) is 19.4. The number of hydrogen-bond acceptors (Lipinski definition) is 7. The molecule has 3 amide bonds. The maximum atomic E-state index is 13.0. The van der Waals surface area contributed by atoms with Crippen molar-refractivity contribution in [2.75, 3.05) is 19.0 Å². The van der Waals surface area contributed by atoms with Crippen LogP contribution in [0.2, 0.25) is 0 Å². The van der Waals surface area contributed by atoms with E-state index in [1.807, 2.05) is 30.3 Å². The molecular formula is C25H23N5O5. The third-order valence-electron chi connectivity index (χ3n) is 5.19. The fourth-order valence-electron chi connectivity index (χ4n) is 3.57. The highest BCUT2D eigenvalue weighted by molar-refractivity contribution is 6.06. The number of methoxy groups -OCH3 is 1. The van der Waals surface area contributed by atoms with Gasteiger partial charge in [-0.25, -0.2) is 14.6 Å². The fourth-order valence-corrected chi connectivity index (χ4v) is 3.57. The van der Waals surface area contributed by atoms with Gasteiger partial charge in [-0.1, -0.05) is 30.3 Å². The second-order valence-corrected chi connectivity index (χ2v) is 7.64. The number of ether oxygens (including phenoxy) is 2. The van der Waals surface area contributed by atoms with Gasteiger partial charge in [0.05, 0.1) is 29.4 Å². The summed E-state index contributed by atoms with van der Waals surface area (Å²) < 4.78 is 11.9. The molecule has 0 atom stereocenters. The van der Waals surface area contributed by atoms with Gasteiger partial charge in [0.1, 0.15) is 5.75 Å². The Bertz CT molecular complexity index is 1400. The van der Waals surface area contributed by atoms with Crippen LogP contribution in [0.4, 0.5) is 10.5 Å². The topological polar surface area (TPSA) is 124 Å². The molecule has 35 heavy (non-hydrogen) atoms. The molecule has 0 aliphatic carbocycles. The second-order valence-electron chi connectivity index (χ2n) is 7.64. The van der Waals surface area contributed by atoms with E-state index >= 15 is 0 Å². The molecule has 0 bridgehead atoms. The number of amides is 3. The lowest BCUT2D eigenvalue weighted by Gasteiger charge is -2.10. The lowest BCUT2D eigenvalue weighted by atomic mass is 10.1. The number of benzene rings is 2. The minimum atomic E-state index is -0.777. The normalized spacial score (nSPS) is 10.6. The number of carbonyl (C=O) groups excluding carboxylic acids is 3. The predicted octanol–water partition coefficient (Wildman–Crippen LogP) is 3.46. The molecule has 0 radical (unpaired) electrons. The molecule has 4 aromatic rings. The third-order valence-corrected chi connectivity index (χ3v) is 5.19. The van der Waals surface area contributed by atoms with Crippen molar-refractivity contribution in [1.29, 1.82) is 0 Å². The molecule has 0 aliphatic rings. The maximum Gasteiger partial charge on any atom is 0.339 e. The lowest BCUT2D eigenvalue weighted by molar-refractivity contribution is -0.123. The summed E-state index contributed by atoms with van der Waals surface area (Å²) in [5.41, 5.74) is 3.19. The van der Waals surface area contributed by atoms with Gasteiger partial charge in [-0.2, -0.15) is 5.10 Å². The van der Waals surface area contributed by atoms with Crippen LogP contribution in [0.5, 0.6) is 5.75 Å². The molecule has 10 heteroatoms. The number of nitrogens with one attached hydrogen (secondary N) is 2. The molecule has 2 aromatic heterocycles. The first-order chi connectivity index (χ1) is 16.9. The average molecular weight is 473 g/mol. The van der Waals surface area contributed by atoms with Gasteiger partial charge in [0.25, 0.3) is 5.91 Å². The highest BCUT2D eigenvalue weighted by Crippen LogP contribution is 2.27. The molecule has 2 N–H and O–H groups in total. The monoisotopic (exact) mass is 473 g/mol. The number of pyridine rings is 1. The molecule has 178 valence electrons. The Hall–Kier alpha value is -4.73. The van der Waals surface area contributed by atoms with Crippen LogP contribution in [-0.4, -0.2) is 46.4 Å². The van der Waals surface area contributed by atoms with E-state index in [0.29, 0.717) is 33.9 Å². The molecule has 4 rings (SSSR count).